The van der Waals surface area contributed by atoms with Crippen LogP contribution in [0.2, 0.25) is 0 Å². The van der Waals surface area contributed by atoms with Crippen LogP contribution in [0, 0.1) is 23.7 Å². The summed E-state index contributed by atoms with van der Waals surface area (Å²) in [6, 6.07) is 9.76. The molecular formula is C22H18N2O5. The molecule has 1 saturated heterocycles. The number of allylic oxidation sites excluding steroid dienone is 2. The van der Waals surface area contributed by atoms with E-state index in [1.54, 1.807) is 24.3 Å². The van der Waals surface area contributed by atoms with Gasteiger partial charge in [0.1, 0.15) is 11.5 Å². The summed E-state index contributed by atoms with van der Waals surface area (Å²) < 4.78 is 5.70. The smallest absolute Gasteiger partial charge is 0.335 e. The lowest BCUT2D eigenvalue weighted by Crippen LogP contribution is -2.38. The van der Waals surface area contributed by atoms with Gasteiger partial charge >= 0.3 is 5.97 Å². The molecule has 2 amide bonds. The number of nitrogens with zero attached hydrogens (tertiary/aromatic N) is 2. The molecule has 29 heavy (non-hydrogen) atoms. The maximum atomic E-state index is 12.8. The molecule has 1 saturated carbocycles. The first kappa shape index (κ1) is 17.6. The van der Waals surface area contributed by atoms with E-state index >= 15 is 0 Å². The van der Waals surface area contributed by atoms with Crippen molar-refractivity contribution in [3.8, 4) is 11.3 Å². The molecule has 4 aliphatic rings. The molecule has 2 fully saturated rings. The standard InChI is InChI=1S/C22H18N2O5/c25-20-18-12-4-5-13(7-6-12)19(18)21(26)24(20)23-11-16-8-9-17(29-16)14-2-1-3-15(10-14)22(27)28/h1-5,8-13,18-19H,6-7H2,(H,27,28). The van der Waals surface area contributed by atoms with E-state index in [1.807, 2.05) is 0 Å². The number of carboxylic acid groups (broad SMARTS) is 1. The van der Waals surface area contributed by atoms with Crippen LogP contribution in [-0.4, -0.2) is 34.1 Å². The molecule has 2 bridgehead atoms. The molecule has 2 aromatic rings. The fraction of sp³-hybridized carbons (Fsp3) is 0.273. The van der Waals surface area contributed by atoms with E-state index in [4.69, 9.17) is 9.52 Å². The second-order valence-corrected chi connectivity index (χ2v) is 7.66. The molecule has 3 aliphatic carbocycles. The Morgan fingerprint density at radius 3 is 2.38 bits per heavy atom. The Morgan fingerprint density at radius 2 is 1.76 bits per heavy atom. The van der Waals surface area contributed by atoms with Crippen LogP contribution in [0.3, 0.4) is 0 Å². The fourth-order valence-corrected chi connectivity index (χ4v) is 4.67. The summed E-state index contributed by atoms with van der Waals surface area (Å²) in [7, 11) is 0. The highest BCUT2D eigenvalue weighted by atomic mass is 16.4. The number of fused-ring (bicyclic) bond motifs is 1. The number of hydrogen-bond donors (Lipinski definition) is 1. The zero-order valence-corrected chi connectivity index (χ0v) is 15.4. The highest BCUT2D eigenvalue weighted by Gasteiger charge is 2.56. The Morgan fingerprint density at radius 1 is 1.07 bits per heavy atom. The Kier molecular flexibility index (Phi) is 3.97. The van der Waals surface area contributed by atoms with Crippen molar-refractivity contribution in [3.63, 3.8) is 0 Å². The van der Waals surface area contributed by atoms with Gasteiger partial charge in [0.25, 0.3) is 11.8 Å². The molecule has 1 aliphatic heterocycles. The molecule has 0 radical (unpaired) electrons. The van der Waals surface area contributed by atoms with Gasteiger partial charge in [0, 0.05) is 5.56 Å². The largest absolute Gasteiger partial charge is 0.478 e. The van der Waals surface area contributed by atoms with Crippen molar-refractivity contribution in [2.45, 2.75) is 12.8 Å². The number of rotatable bonds is 4. The summed E-state index contributed by atoms with van der Waals surface area (Å²) in [6.07, 6.45) is 7.37. The van der Waals surface area contributed by atoms with Crippen LogP contribution >= 0.6 is 0 Å². The van der Waals surface area contributed by atoms with Gasteiger partial charge in [0.2, 0.25) is 0 Å². The number of amides is 2. The zero-order valence-electron chi connectivity index (χ0n) is 15.4. The number of hydrogen-bond acceptors (Lipinski definition) is 5. The lowest BCUT2D eigenvalue weighted by Gasteiger charge is -2.37. The van der Waals surface area contributed by atoms with Crippen molar-refractivity contribution in [1.82, 2.24) is 5.01 Å². The Balaban J connectivity index is 1.37. The highest BCUT2D eigenvalue weighted by Crippen LogP contribution is 2.49. The third kappa shape index (κ3) is 2.81. The van der Waals surface area contributed by atoms with Crippen molar-refractivity contribution in [1.29, 1.82) is 0 Å². The number of imide groups is 1. The number of benzene rings is 1. The molecule has 1 aromatic heterocycles. The quantitative estimate of drug-likeness (QED) is 0.491. The predicted octanol–water partition coefficient (Wildman–Crippen LogP) is 3.18. The first-order valence-corrected chi connectivity index (χ1v) is 9.56. The van der Waals surface area contributed by atoms with Crippen LogP contribution in [0.25, 0.3) is 11.3 Å². The van der Waals surface area contributed by atoms with Gasteiger partial charge in [-0.2, -0.15) is 10.1 Å². The second-order valence-electron chi connectivity index (χ2n) is 7.66. The van der Waals surface area contributed by atoms with Gasteiger partial charge in [-0.05, 0) is 48.9 Å². The van der Waals surface area contributed by atoms with Crippen molar-refractivity contribution in [2.24, 2.45) is 28.8 Å². The summed E-state index contributed by atoms with van der Waals surface area (Å²) in [5.74, 6) is -0.995. The summed E-state index contributed by atoms with van der Waals surface area (Å²) in [6.45, 7) is 0. The number of carbonyl (C=O) groups is 3. The maximum absolute atomic E-state index is 12.8. The summed E-state index contributed by atoms with van der Waals surface area (Å²) in [4.78, 5) is 36.7. The lowest BCUT2D eigenvalue weighted by atomic mass is 9.63. The molecule has 7 heteroatoms. The minimum Gasteiger partial charge on any atom is -0.478 e. The number of carboxylic acids is 1. The van der Waals surface area contributed by atoms with Crippen LogP contribution in [0.4, 0.5) is 0 Å². The van der Waals surface area contributed by atoms with E-state index in [9.17, 15) is 14.4 Å². The molecule has 2 heterocycles. The number of hydrazone groups is 1. The van der Waals surface area contributed by atoms with Gasteiger partial charge in [-0.1, -0.05) is 24.3 Å². The fourth-order valence-electron chi connectivity index (χ4n) is 4.67. The molecule has 0 spiro atoms. The van der Waals surface area contributed by atoms with Crippen LogP contribution in [0.5, 0.6) is 0 Å². The van der Waals surface area contributed by atoms with E-state index in [2.05, 4.69) is 17.3 Å². The number of aromatic carboxylic acids is 1. The van der Waals surface area contributed by atoms with Gasteiger partial charge in [-0.25, -0.2) is 4.79 Å². The molecular weight excluding hydrogens is 372 g/mol. The molecule has 4 atom stereocenters. The van der Waals surface area contributed by atoms with E-state index in [-0.39, 0.29) is 41.0 Å². The SMILES string of the molecule is O=C(O)c1cccc(-c2ccc(C=NN3C(=O)C4C5C=CC(CC5)C4C3=O)o2)c1. The molecule has 4 unspecified atom stereocenters. The minimum atomic E-state index is -1.02. The van der Waals surface area contributed by atoms with Gasteiger partial charge in [-0.3, -0.25) is 9.59 Å². The first-order valence-electron chi connectivity index (χ1n) is 9.56. The second kappa shape index (κ2) is 6.55. The monoisotopic (exact) mass is 390 g/mol. The van der Waals surface area contributed by atoms with Crippen molar-refractivity contribution in [3.05, 3.63) is 59.9 Å². The summed E-state index contributed by atoms with van der Waals surface area (Å²) >= 11 is 0. The van der Waals surface area contributed by atoms with E-state index in [1.165, 1.54) is 18.3 Å². The average molecular weight is 390 g/mol. The predicted molar refractivity (Wildman–Crippen MR) is 103 cm³/mol. The van der Waals surface area contributed by atoms with E-state index < -0.39 is 5.97 Å². The first-order chi connectivity index (χ1) is 14.0. The van der Waals surface area contributed by atoms with Gasteiger partial charge in [0.15, 0.2) is 0 Å². The lowest BCUT2D eigenvalue weighted by molar-refractivity contribution is -0.140. The maximum Gasteiger partial charge on any atom is 0.335 e. The van der Waals surface area contributed by atoms with E-state index in [0.29, 0.717) is 17.1 Å². The van der Waals surface area contributed by atoms with Crippen LogP contribution < -0.4 is 0 Å². The molecule has 146 valence electrons. The van der Waals surface area contributed by atoms with Crippen molar-refractivity contribution in [2.75, 3.05) is 0 Å². The molecule has 7 nitrogen and oxygen atoms in total. The third-order valence-electron chi connectivity index (χ3n) is 6.06. The normalized spacial score (nSPS) is 27.8. The van der Waals surface area contributed by atoms with Crippen LogP contribution in [0.1, 0.15) is 29.0 Å². The van der Waals surface area contributed by atoms with Crippen LogP contribution in [0.15, 0.2) is 58.1 Å². The van der Waals surface area contributed by atoms with Gasteiger partial charge in [-0.15, -0.1) is 0 Å². The van der Waals surface area contributed by atoms with Crippen LogP contribution in [-0.2, 0) is 9.59 Å². The Bertz CT molecular complexity index is 1050. The minimum absolute atomic E-state index is 0.123. The van der Waals surface area contributed by atoms with E-state index in [0.717, 1.165) is 17.9 Å². The summed E-state index contributed by atoms with van der Waals surface area (Å²) in [5.41, 5.74) is 0.778. The Labute approximate surface area is 166 Å². The number of carbonyl (C=O) groups excluding carboxylic acids is 2. The average Bonchev–Trinajstić information content (AvgIpc) is 3.32. The van der Waals surface area contributed by atoms with Crippen molar-refractivity contribution >= 4 is 24.0 Å². The van der Waals surface area contributed by atoms with Gasteiger partial charge < -0.3 is 9.52 Å². The number of furan rings is 1. The van der Waals surface area contributed by atoms with Crippen molar-refractivity contribution < 1.29 is 23.9 Å². The third-order valence-corrected chi connectivity index (χ3v) is 6.06. The Hall–Kier alpha value is -3.48. The molecule has 1 aromatic carbocycles. The highest BCUT2D eigenvalue weighted by molar-refractivity contribution is 6.06. The zero-order chi connectivity index (χ0) is 20.1. The molecule has 1 N–H and O–H groups in total. The topological polar surface area (TPSA) is 100 Å². The van der Waals surface area contributed by atoms with Gasteiger partial charge in [0.05, 0.1) is 23.6 Å². The summed E-state index contributed by atoms with van der Waals surface area (Å²) in [5, 5.41) is 14.2. The molecule has 6 rings (SSSR count).